The quantitative estimate of drug-likeness (QED) is 0.777. The van der Waals surface area contributed by atoms with Crippen molar-refractivity contribution in [3.8, 4) is 22.6 Å². The molecule has 0 heterocycles. The minimum Gasteiger partial charge on any atom is -0.507 e. The zero-order chi connectivity index (χ0) is 14.4. The number of hydrogen-bond donors (Lipinski definition) is 1. The Morgan fingerprint density at radius 2 is 1.90 bits per heavy atom. The highest BCUT2D eigenvalue weighted by molar-refractivity contribution is 5.71. The van der Waals surface area contributed by atoms with E-state index in [9.17, 15) is 5.11 Å². The Morgan fingerprint density at radius 3 is 2.55 bits per heavy atom. The SMILES string of the molecule is C=CCOc1ccc(-c2cc(CCC)ccc2O)cc1. The molecule has 0 aliphatic carbocycles. The molecule has 0 saturated heterocycles. The molecule has 2 aromatic rings. The fourth-order valence-electron chi connectivity index (χ4n) is 2.14. The number of benzene rings is 2. The summed E-state index contributed by atoms with van der Waals surface area (Å²) in [6.45, 7) is 6.27. The molecule has 0 saturated carbocycles. The van der Waals surface area contributed by atoms with Gasteiger partial charge in [0.1, 0.15) is 18.1 Å². The van der Waals surface area contributed by atoms with E-state index in [0.717, 1.165) is 29.7 Å². The van der Waals surface area contributed by atoms with Crippen LogP contribution in [-0.2, 0) is 6.42 Å². The first kappa shape index (κ1) is 14.2. The maximum atomic E-state index is 10.0. The number of phenols is 1. The summed E-state index contributed by atoms with van der Waals surface area (Å²) in [7, 11) is 0. The second kappa shape index (κ2) is 6.80. The summed E-state index contributed by atoms with van der Waals surface area (Å²) >= 11 is 0. The Labute approximate surface area is 120 Å². The molecule has 0 unspecified atom stereocenters. The van der Waals surface area contributed by atoms with E-state index in [4.69, 9.17) is 4.74 Å². The van der Waals surface area contributed by atoms with Crippen LogP contribution in [0.2, 0.25) is 0 Å². The van der Waals surface area contributed by atoms with Crippen LogP contribution in [0.25, 0.3) is 11.1 Å². The van der Waals surface area contributed by atoms with Gasteiger partial charge < -0.3 is 9.84 Å². The molecule has 2 aromatic carbocycles. The molecule has 0 aliphatic heterocycles. The Hall–Kier alpha value is -2.22. The van der Waals surface area contributed by atoms with Gasteiger partial charge in [-0.1, -0.05) is 44.2 Å². The Morgan fingerprint density at radius 1 is 1.15 bits per heavy atom. The van der Waals surface area contributed by atoms with E-state index in [1.807, 2.05) is 30.3 Å². The van der Waals surface area contributed by atoms with Gasteiger partial charge in [0.05, 0.1) is 0 Å². The van der Waals surface area contributed by atoms with Crippen molar-refractivity contribution in [3.63, 3.8) is 0 Å². The number of aryl methyl sites for hydroxylation is 1. The molecule has 0 aromatic heterocycles. The van der Waals surface area contributed by atoms with E-state index in [1.54, 1.807) is 12.1 Å². The van der Waals surface area contributed by atoms with Gasteiger partial charge in [-0.2, -0.15) is 0 Å². The number of aromatic hydroxyl groups is 1. The minimum absolute atomic E-state index is 0.310. The average molecular weight is 268 g/mol. The van der Waals surface area contributed by atoms with Gasteiger partial charge in [-0.15, -0.1) is 0 Å². The molecule has 104 valence electrons. The van der Waals surface area contributed by atoms with E-state index < -0.39 is 0 Å². The molecule has 0 bridgehead atoms. The number of phenolic OH excluding ortho intramolecular Hbond substituents is 1. The lowest BCUT2D eigenvalue weighted by Crippen LogP contribution is -1.92. The lowest BCUT2D eigenvalue weighted by Gasteiger charge is -2.09. The maximum Gasteiger partial charge on any atom is 0.123 e. The highest BCUT2D eigenvalue weighted by Crippen LogP contribution is 2.31. The number of ether oxygens (including phenoxy) is 1. The molecular formula is C18H20O2. The van der Waals surface area contributed by atoms with Crippen molar-refractivity contribution in [3.05, 3.63) is 60.7 Å². The van der Waals surface area contributed by atoms with Crippen LogP contribution in [0, 0.1) is 0 Å². The minimum atomic E-state index is 0.310. The van der Waals surface area contributed by atoms with Gasteiger partial charge in [0, 0.05) is 5.56 Å². The van der Waals surface area contributed by atoms with Crippen molar-refractivity contribution in [1.29, 1.82) is 0 Å². The lowest BCUT2D eigenvalue weighted by molar-refractivity contribution is 0.363. The largest absolute Gasteiger partial charge is 0.507 e. The summed E-state index contributed by atoms with van der Waals surface area (Å²) < 4.78 is 5.46. The summed E-state index contributed by atoms with van der Waals surface area (Å²) in [6, 6.07) is 13.5. The summed E-state index contributed by atoms with van der Waals surface area (Å²) in [5.74, 6) is 1.11. The summed E-state index contributed by atoms with van der Waals surface area (Å²) in [5, 5.41) is 10.0. The zero-order valence-corrected chi connectivity index (χ0v) is 11.8. The van der Waals surface area contributed by atoms with Crippen LogP contribution in [0.15, 0.2) is 55.1 Å². The molecule has 0 amide bonds. The first-order valence-electron chi connectivity index (χ1n) is 6.90. The number of hydrogen-bond acceptors (Lipinski definition) is 2. The van der Waals surface area contributed by atoms with Gasteiger partial charge in [0.2, 0.25) is 0 Å². The third kappa shape index (κ3) is 3.41. The van der Waals surface area contributed by atoms with E-state index >= 15 is 0 Å². The van der Waals surface area contributed by atoms with Crippen LogP contribution in [0.3, 0.4) is 0 Å². The third-order valence-electron chi connectivity index (χ3n) is 3.13. The second-order valence-corrected chi connectivity index (χ2v) is 4.73. The van der Waals surface area contributed by atoms with E-state index in [2.05, 4.69) is 19.6 Å². The van der Waals surface area contributed by atoms with Crippen molar-refractivity contribution in [2.24, 2.45) is 0 Å². The molecule has 0 radical (unpaired) electrons. The molecule has 1 N–H and O–H groups in total. The Bertz CT molecular complexity index is 570. The van der Waals surface area contributed by atoms with Crippen LogP contribution in [0.1, 0.15) is 18.9 Å². The molecule has 0 aliphatic rings. The summed E-state index contributed by atoms with van der Waals surface area (Å²) in [5.41, 5.74) is 3.10. The zero-order valence-electron chi connectivity index (χ0n) is 11.8. The van der Waals surface area contributed by atoms with Crippen molar-refractivity contribution in [2.75, 3.05) is 6.61 Å². The van der Waals surface area contributed by atoms with Crippen LogP contribution < -0.4 is 4.74 Å². The van der Waals surface area contributed by atoms with Crippen LogP contribution in [0.4, 0.5) is 0 Å². The number of rotatable bonds is 6. The van der Waals surface area contributed by atoms with Crippen molar-refractivity contribution < 1.29 is 9.84 Å². The summed E-state index contributed by atoms with van der Waals surface area (Å²) in [4.78, 5) is 0. The standard InChI is InChI=1S/C18H20O2/c1-3-5-14-6-11-18(19)17(13-14)15-7-9-16(10-8-15)20-12-4-2/h4,6-11,13,19H,2-3,5,12H2,1H3. The van der Waals surface area contributed by atoms with E-state index in [0.29, 0.717) is 12.4 Å². The fourth-order valence-corrected chi connectivity index (χ4v) is 2.14. The molecule has 0 atom stereocenters. The fraction of sp³-hybridized carbons (Fsp3) is 0.222. The topological polar surface area (TPSA) is 29.5 Å². The van der Waals surface area contributed by atoms with Crippen molar-refractivity contribution in [1.82, 2.24) is 0 Å². The van der Waals surface area contributed by atoms with Crippen LogP contribution >= 0.6 is 0 Å². The highest BCUT2D eigenvalue weighted by Gasteiger charge is 2.06. The highest BCUT2D eigenvalue weighted by atomic mass is 16.5. The molecule has 2 heteroatoms. The van der Waals surface area contributed by atoms with E-state index in [-0.39, 0.29) is 0 Å². The normalized spacial score (nSPS) is 10.2. The lowest BCUT2D eigenvalue weighted by atomic mass is 10.00. The Kier molecular flexibility index (Phi) is 4.83. The molecule has 0 fully saturated rings. The molecule has 20 heavy (non-hydrogen) atoms. The van der Waals surface area contributed by atoms with Crippen LogP contribution in [-0.4, -0.2) is 11.7 Å². The molecule has 0 spiro atoms. The Balaban J connectivity index is 2.26. The van der Waals surface area contributed by atoms with Gasteiger partial charge in [0.25, 0.3) is 0 Å². The first-order chi connectivity index (χ1) is 9.74. The van der Waals surface area contributed by atoms with Gasteiger partial charge in [-0.25, -0.2) is 0 Å². The summed E-state index contributed by atoms with van der Waals surface area (Å²) in [6.07, 6.45) is 3.83. The van der Waals surface area contributed by atoms with E-state index in [1.165, 1.54) is 5.56 Å². The molecule has 2 rings (SSSR count). The van der Waals surface area contributed by atoms with Crippen molar-refractivity contribution >= 4 is 0 Å². The van der Waals surface area contributed by atoms with Crippen LogP contribution in [0.5, 0.6) is 11.5 Å². The third-order valence-corrected chi connectivity index (χ3v) is 3.13. The smallest absolute Gasteiger partial charge is 0.123 e. The van der Waals surface area contributed by atoms with Gasteiger partial charge >= 0.3 is 0 Å². The average Bonchev–Trinajstić information content (AvgIpc) is 2.48. The van der Waals surface area contributed by atoms with Gasteiger partial charge in [0.15, 0.2) is 0 Å². The predicted octanol–water partition coefficient (Wildman–Crippen LogP) is 4.58. The second-order valence-electron chi connectivity index (χ2n) is 4.73. The van der Waals surface area contributed by atoms with Gasteiger partial charge in [-0.3, -0.25) is 0 Å². The van der Waals surface area contributed by atoms with Gasteiger partial charge in [-0.05, 0) is 41.8 Å². The predicted molar refractivity (Wildman–Crippen MR) is 83.2 cm³/mol. The van der Waals surface area contributed by atoms with Crippen molar-refractivity contribution in [2.45, 2.75) is 19.8 Å². The maximum absolute atomic E-state index is 10.0. The molecule has 2 nitrogen and oxygen atoms in total. The monoisotopic (exact) mass is 268 g/mol. The first-order valence-corrected chi connectivity index (χ1v) is 6.90. The molecular weight excluding hydrogens is 248 g/mol.